The summed E-state index contributed by atoms with van der Waals surface area (Å²) < 4.78 is 40.8. The normalized spacial score (nSPS) is 17.4. The van der Waals surface area contributed by atoms with Crippen molar-refractivity contribution in [2.24, 2.45) is 0 Å². The molecule has 1 atom stereocenters. The molecule has 0 bridgehead atoms. The second kappa shape index (κ2) is 8.18. The number of nitrogens with zero attached hydrogens (tertiary/aromatic N) is 1. The van der Waals surface area contributed by atoms with Gasteiger partial charge in [0.2, 0.25) is 0 Å². The minimum Gasteiger partial charge on any atom is -0.482 e. The van der Waals surface area contributed by atoms with Crippen molar-refractivity contribution < 1.29 is 17.6 Å². The summed E-state index contributed by atoms with van der Waals surface area (Å²) in [6.45, 7) is 13.2. The summed E-state index contributed by atoms with van der Waals surface area (Å²) in [5.74, 6) is 0.380. The Labute approximate surface area is 186 Å². The van der Waals surface area contributed by atoms with E-state index in [1.165, 1.54) is 4.31 Å². The monoisotopic (exact) mass is 467 g/mol. The number of fused-ring (bicyclic) bond motifs is 1. The van der Waals surface area contributed by atoms with Crippen molar-refractivity contribution in [3.8, 4) is 5.75 Å². The minimum atomic E-state index is -3.77. The van der Waals surface area contributed by atoms with Crippen molar-refractivity contribution in [1.82, 2.24) is 0 Å². The average molecular weight is 468 g/mol. The van der Waals surface area contributed by atoms with Crippen molar-refractivity contribution in [3.05, 3.63) is 53.1 Å². The van der Waals surface area contributed by atoms with Crippen LogP contribution in [0.4, 0.5) is 5.69 Å². The van der Waals surface area contributed by atoms with E-state index in [0.29, 0.717) is 23.1 Å². The molecule has 3 rings (SSSR count). The standard InChI is InChI=1S/C22H30ClNO4SSi/c1-16-10-12-18(13-11-16)29(25,26)24-14-17(15-27-30(5,6)22(2,3)4)28-21-19(23)8-7-9-20(21)24/h7-13,17H,14-15H2,1-6H3. The number of hydrogen-bond donors (Lipinski definition) is 0. The topological polar surface area (TPSA) is 55.8 Å². The lowest BCUT2D eigenvalue weighted by Gasteiger charge is -2.40. The highest BCUT2D eigenvalue weighted by Gasteiger charge is 2.40. The van der Waals surface area contributed by atoms with Gasteiger partial charge in [-0.25, -0.2) is 8.42 Å². The number of ether oxygens (including phenoxy) is 1. The first-order valence-corrected chi connectivity index (χ1v) is 14.7. The summed E-state index contributed by atoms with van der Waals surface area (Å²) >= 11 is 6.37. The second-order valence-corrected chi connectivity index (χ2v) is 16.3. The highest BCUT2D eigenvalue weighted by atomic mass is 35.5. The average Bonchev–Trinajstić information content (AvgIpc) is 2.66. The van der Waals surface area contributed by atoms with E-state index in [1.54, 1.807) is 42.5 Å². The summed E-state index contributed by atoms with van der Waals surface area (Å²) in [6, 6.07) is 12.0. The van der Waals surface area contributed by atoms with E-state index in [9.17, 15) is 8.42 Å². The minimum absolute atomic E-state index is 0.0465. The predicted octanol–water partition coefficient (Wildman–Crippen LogP) is 5.63. The number of hydrogen-bond acceptors (Lipinski definition) is 4. The van der Waals surface area contributed by atoms with Crippen LogP contribution in [-0.2, 0) is 14.4 Å². The predicted molar refractivity (Wildman–Crippen MR) is 125 cm³/mol. The van der Waals surface area contributed by atoms with Crippen LogP contribution in [0, 0.1) is 6.92 Å². The fourth-order valence-corrected chi connectivity index (χ4v) is 5.72. The Balaban J connectivity index is 1.95. The summed E-state index contributed by atoms with van der Waals surface area (Å²) in [4.78, 5) is 0.241. The van der Waals surface area contributed by atoms with Crippen LogP contribution < -0.4 is 9.04 Å². The number of halogens is 1. The molecule has 8 heteroatoms. The Kier molecular flexibility index (Phi) is 6.31. The Hall–Kier alpha value is -1.54. The molecule has 1 heterocycles. The van der Waals surface area contributed by atoms with Crippen LogP contribution in [0.5, 0.6) is 5.75 Å². The molecule has 2 aromatic rings. The molecule has 0 amide bonds. The van der Waals surface area contributed by atoms with Gasteiger partial charge in [-0.3, -0.25) is 4.31 Å². The molecule has 1 aliphatic heterocycles. The Bertz CT molecular complexity index is 1020. The summed E-state index contributed by atoms with van der Waals surface area (Å²) in [6.07, 6.45) is -0.452. The van der Waals surface area contributed by atoms with Gasteiger partial charge in [-0.05, 0) is 49.3 Å². The summed E-state index contributed by atoms with van der Waals surface area (Å²) in [5.41, 5.74) is 1.45. The van der Waals surface area contributed by atoms with Gasteiger partial charge >= 0.3 is 0 Å². The van der Waals surface area contributed by atoms with Crippen LogP contribution in [0.15, 0.2) is 47.4 Å². The molecular weight excluding hydrogens is 438 g/mol. The van der Waals surface area contributed by atoms with Gasteiger partial charge in [0.25, 0.3) is 10.0 Å². The van der Waals surface area contributed by atoms with Crippen molar-refractivity contribution in [2.45, 2.75) is 56.8 Å². The fraction of sp³-hybridized carbons (Fsp3) is 0.455. The van der Waals surface area contributed by atoms with Crippen LogP contribution in [0.25, 0.3) is 0 Å². The van der Waals surface area contributed by atoms with Gasteiger partial charge in [-0.15, -0.1) is 0 Å². The highest BCUT2D eigenvalue weighted by molar-refractivity contribution is 7.92. The maximum atomic E-state index is 13.5. The lowest BCUT2D eigenvalue weighted by molar-refractivity contribution is 0.120. The molecule has 0 aliphatic carbocycles. The maximum absolute atomic E-state index is 13.5. The summed E-state index contributed by atoms with van der Waals surface area (Å²) in [5, 5.41) is 0.430. The number of para-hydroxylation sites is 1. The molecule has 2 aromatic carbocycles. The van der Waals surface area contributed by atoms with Gasteiger partial charge in [-0.1, -0.05) is 56.1 Å². The molecule has 164 valence electrons. The number of rotatable bonds is 5. The third-order valence-corrected chi connectivity index (χ3v) is 12.5. The number of anilines is 1. The smallest absolute Gasteiger partial charge is 0.264 e. The van der Waals surface area contributed by atoms with Crippen molar-refractivity contribution in [2.75, 3.05) is 17.5 Å². The van der Waals surface area contributed by atoms with E-state index >= 15 is 0 Å². The van der Waals surface area contributed by atoms with Crippen LogP contribution in [0.2, 0.25) is 23.2 Å². The van der Waals surface area contributed by atoms with Crippen LogP contribution >= 0.6 is 11.6 Å². The van der Waals surface area contributed by atoms with Gasteiger partial charge in [0.05, 0.1) is 28.8 Å². The first-order valence-electron chi connectivity index (χ1n) is 10.0. The highest BCUT2D eigenvalue weighted by Crippen LogP contribution is 2.42. The van der Waals surface area contributed by atoms with Gasteiger partial charge < -0.3 is 9.16 Å². The van der Waals surface area contributed by atoms with Gasteiger partial charge in [0.15, 0.2) is 14.1 Å². The number of sulfonamides is 1. The second-order valence-electron chi connectivity index (χ2n) is 9.25. The third kappa shape index (κ3) is 4.54. The van der Waals surface area contributed by atoms with E-state index in [4.69, 9.17) is 20.8 Å². The van der Waals surface area contributed by atoms with E-state index in [1.807, 2.05) is 6.92 Å². The van der Waals surface area contributed by atoms with Crippen molar-refractivity contribution >= 4 is 35.6 Å². The molecule has 0 saturated carbocycles. The van der Waals surface area contributed by atoms with Crippen molar-refractivity contribution in [3.63, 3.8) is 0 Å². The molecule has 0 aromatic heterocycles. The molecule has 0 N–H and O–H groups in total. The van der Waals surface area contributed by atoms with E-state index < -0.39 is 24.4 Å². The van der Waals surface area contributed by atoms with Crippen LogP contribution in [-0.4, -0.2) is 36.0 Å². The molecule has 30 heavy (non-hydrogen) atoms. The van der Waals surface area contributed by atoms with E-state index in [2.05, 4.69) is 33.9 Å². The van der Waals surface area contributed by atoms with Crippen LogP contribution in [0.1, 0.15) is 26.3 Å². The number of benzene rings is 2. The molecule has 0 saturated heterocycles. The largest absolute Gasteiger partial charge is 0.482 e. The third-order valence-electron chi connectivity index (χ3n) is 5.91. The first kappa shape index (κ1) is 23.1. The Morgan fingerprint density at radius 1 is 1.17 bits per heavy atom. The molecule has 0 radical (unpaired) electrons. The van der Waals surface area contributed by atoms with Gasteiger partial charge in [0, 0.05) is 0 Å². The Morgan fingerprint density at radius 2 is 1.80 bits per heavy atom. The molecular formula is C22H30ClNO4SSi. The molecule has 5 nitrogen and oxygen atoms in total. The molecule has 0 fully saturated rings. The molecule has 1 aliphatic rings. The van der Waals surface area contributed by atoms with Gasteiger partial charge in [-0.2, -0.15) is 0 Å². The first-order chi connectivity index (χ1) is 13.8. The SMILES string of the molecule is Cc1ccc(S(=O)(=O)N2CC(CO[Si](C)(C)C(C)(C)C)Oc3c(Cl)cccc32)cc1. The zero-order chi connectivity index (χ0) is 22.3. The molecule has 1 unspecified atom stereocenters. The quantitative estimate of drug-likeness (QED) is 0.535. The zero-order valence-corrected chi connectivity index (χ0v) is 21.0. The zero-order valence-electron chi connectivity index (χ0n) is 18.4. The lowest BCUT2D eigenvalue weighted by Crippen LogP contribution is -2.49. The summed E-state index contributed by atoms with van der Waals surface area (Å²) in [7, 11) is -5.79. The molecule has 0 spiro atoms. The maximum Gasteiger partial charge on any atom is 0.264 e. The van der Waals surface area contributed by atoms with Crippen molar-refractivity contribution in [1.29, 1.82) is 0 Å². The van der Waals surface area contributed by atoms with Crippen LogP contribution in [0.3, 0.4) is 0 Å². The van der Waals surface area contributed by atoms with E-state index in [0.717, 1.165) is 5.56 Å². The Morgan fingerprint density at radius 3 is 2.40 bits per heavy atom. The number of aryl methyl sites for hydroxylation is 1. The van der Waals surface area contributed by atoms with E-state index in [-0.39, 0.29) is 16.5 Å². The lowest BCUT2D eigenvalue weighted by atomic mass is 10.2. The fourth-order valence-electron chi connectivity index (χ4n) is 2.97. The van der Waals surface area contributed by atoms with Gasteiger partial charge in [0.1, 0.15) is 6.10 Å².